The van der Waals surface area contributed by atoms with E-state index in [9.17, 15) is 19.2 Å². The number of nitrogens with two attached hydrogens (primary N) is 1. The van der Waals surface area contributed by atoms with Crippen LogP contribution in [-0.4, -0.2) is 29.8 Å². The minimum Gasteiger partial charge on any atom is -0.449 e. The predicted molar refractivity (Wildman–Crippen MR) is 99.6 cm³/mol. The van der Waals surface area contributed by atoms with Gasteiger partial charge in [-0.2, -0.15) is 0 Å². The maximum absolute atomic E-state index is 12.3. The number of urea groups is 1. The van der Waals surface area contributed by atoms with Gasteiger partial charge in [-0.3, -0.25) is 9.59 Å². The van der Waals surface area contributed by atoms with Crippen LogP contribution in [0.3, 0.4) is 0 Å². The number of para-hydroxylation sites is 1. The summed E-state index contributed by atoms with van der Waals surface area (Å²) >= 11 is 0. The van der Waals surface area contributed by atoms with Crippen LogP contribution in [0.1, 0.15) is 34.6 Å². The number of rotatable bonds is 6. The van der Waals surface area contributed by atoms with E-state index in [0.717, 1.165) is 0 Å². The fourth-order valence-electron chi connectivity index (χ4n) is 2.25. The summed E-state index contributed by atoms with van der Waals surface area (Å²) in [5.74, 6) is -1.47. The Kier molecular flexibility index (Phi) is 6.27. The van der Waals surface area contributed by atoms with Gasteiger partial charge in [0.05, 0.1) is 11.3 Å². The molecule has 0 saturated heterocycles. The van der Waals surface area contributed by atoms with Gasteiger partial charge in [0.15, 0.2) is 11.9 Å². The zero-order valence-electron chi connectivity index (χ0n) is 14.8. The van der Waals surface area contributed by atoms with Crippen molar-refractivity contribution in [2.24, 2.45) is 5.73 Å². The molecule has 0 heterocycles. The maximum atomic E-state index is 12.3. The number of amides is 3. The molecular weight excluding hydrogens is 350 g/mol. The third-order valence-corrected chi connectivity index (χ3v) is 3.61. The van der Waals surface area contributed by atoms with Crippen LogP contribution in [0.25, 0.3) is 0 Å². The van der Waals surface area contributed by atoms with Gasteiger partial charge in [-0.15, -0.1) is 0 Å². The monoisotopic (exact) mass is 369 g/mol. The van der Waals surface area contributed by atoms with Crippen molar-refractivity contribution in [3.63, 3.8) is 0 Å². The molecule has 0 aliphatic heterocycles. The van der Waals surface area contributed by atoms with Gasteiger partial charge in [-0.25, -0.2) is 9.59 Å². The zero-order valence-corrected chi connectivity index (χ0v) is 14.8. The van der Waals surface area contributed by atoms with Crippen molar-refractivity contribution >= 4 is 35.1 Å². The number of hydrogen-bond acceptors (Lipinski definition) is 5. The smallest absolute Gasteiger partial charge is 0.338 e. The third-order valence-electron chi connectivity index (χ3n) is 3.61. The number of primary amides is 1. The number of ketones is 1. The average molecular weight is 369 g/mol. The molecule has 1 unspecified atom stereocenters. The molecule has 8 nitrogen and oxygen atoms in total. The highest BCUT2D eigenvalue weighted by molar-refractivity contribution is 6.05. The Bertz CT molecular complexity index is 877. The van der Waals surface area contributed by atoms with E-state index in [2.05, 4.69) is 10.6 Å². The standard InChI is InChI=1S/C19H19N3O5/c1-11(23)15-5-3-4-6-16(15)22-17(24)12(2)27-18(25)13-7-9-14(10-8-13)21-19(20)26/h3-10,12H,1-2H3,(H,22,24)(H3,20,21,26). The van der Waals surface area contributed by atoms with Crippen LogP contribution >= 0.6 is 0 Å². The van der Waals surface area contributed by atoms with Gasteiger partial charge in [0.1, 0.15) is 0 Å². The Hall–Kier alpha value is -3.68. The van der Waals surface area contributed by atoms with E-state index in [1.54, 1.807) is 24.3 Å². The summed E-state index contributed by atoms with van der Waals surface area (Å²) in [7, 11) is 0. The van der Waals surface area contributed by atoms with Gasteiger partial charge in [-0.1, -0.05) is 12.1 Å². The molecule has 0 aliphatic rings. The van der Waals surface area contributed by atoms with Crippen molar-refractivity contribution in [1.82, 2.24) is 0 Å². The SMILES string of the molecule is CC(=O)c1ccccc1NC(=O)C(C)OC(=O)c1ccc(NC(N)=O)cc1. The molecule has 2 aromatic carbocycles. The normalized spacial score (nSPS) is 11.2. The molecule has 1 atom stereocenters. The minimum absolute atomic E-state index is 0.194. The summed E-state index contributed by atoms with van der Waals surface area (Å²) in [5, 5.41) is 4.95. The lowest BCUT2D eigenvalue weighted by Crippen LogP contribution is -2.30. The number of ether oxygens (including phenoxy) is 1. The van der Waals surface area contributed by atoms with Crippen molar-refractivity contribution in [3.05, 3.63) is 59.7 Å². The molecule has 3 amide bonds. The van der Waals surface area contributed by atoms with Gasteiger partial charge >= 0.3 is 12.0 Å². The molecule has 0 spiro atoms. The Balaban J connectivity index is 2.00. The van der Waals surface area contributed by atoms with E-state index < -0.39 is 24.0 Å². The molecule has 27 heavy (non-hydrogen) atoms. The topological polar surface area (TPSA) is 128 Å². The number of benzene rings is 2. The maximum Gasteiger partial charge on any atom is 0.338 e. The lowest BCUT2D eigenvalue weighted by molar-refractivity contribution is -0.123. The molecule has 0 aromatic heterocycles. The number of carbonyl (C=O) groups excluding carboxylic acids is 4. The number of nitrogens with one attached hydrogen (secondary N) is 2. The molecular formula is C19H19N3O5. The Labute approximate surface area is 155 Å². The molecule has 8 heteroatoms. The molecule has 4 N–H and O–H groups in total. The second-order valence-electron chi connectivity index (χ2n) is 5.71. The predicted octanol–water partition coefficient (Wildman–Crippen LogP) is 2.56. The fourth-order valence-corrected chi connectivity index (χ4v) is 2.25. The van der Waals surface area contributed by atoms with Crippen molar-refractivity contribution in [2.75, 3.05) is 10.6 Å². The summed E-state index contributed by atoms with van der Waals surface area (Å²) < 4.78 is 5.14. The Morgan fingerprint density at radius 1 is 0.963 bits per heavy atom. The number of hydrogen-bond donors (Lipinski definition) is 3. The summed E-state index contributed by atoms with van der Waals surface area (Å²) in [6.45, 7) is 2.82. The minimum atomic E-state index is -1.08. The highest BCUT2D eigenvalue weighted by Crippen LogP contribution is 2.17. The van der Waals surface area contributed by atoms with Crippen LogP contribution in [0.5, 0.6) is 0 Å². The molecule has 0 bridgehead atoms. The largest absolute Gasteiger partial charge is 0.449 e. The number of esters is 1. The second kappa shape index (κ2) is 8.61. The number of Topliss-reactive ketones (excluding diaryl/α,β-unsaturated/α-hetero) is 1. The van der Waals surface area contributed by atoms with E-state index in [1.165, 1.54) is 38.1 Å². The number of anilines is 2. The van der Waals surface area contributed by atoms with E-state index in [-0.39, 0.29) is 11.3 Å². The van der Waals surface area contributed by atoms with E-state index in [4.69, 9.17) is 10.5 Å². The zero-order chi connectivity index (χ0) is 20.0. The van der Waals surface area contributed by atoms with Crippen molar-refractivity contribution < 1.29 is 23.9 Å². The van der Waals surface area contributed by atoms with Crippen LogP contribution in [0.4, 0.5) is 16.2 Å². The Morgan fingerprint density at radius 2 is 1.59 bits per heavy atom. The lowest BCUT2D eigenvalue weighted by atomic mass is 10.1. The van der Waals surface area contributed by atoms with E-state index in [1.807, 2.05) is 0 Å². The van der Waals surface area contributed by atoms with Gasteiger partial charge < -0.3 is 21.1 Å². The highest BCUT2D eigenvalue weighted by Gasteiger charge is 2.20. The first-order valence-corrected chi connectivity index (χ1v) is 8.06. The molecule has 0 saturated carbocycles. The second-order valence-corrected chi connectivity index (χ2v) is 5.71. The average Bonchev–Trinajstić information content (AvgIpc) is 2.61. The molecule has 0 aliphatic carbocycles. The summed E-state index contributed by atoms with van der Waals surface area (Å²) in [6.07, 6.45) is -1.08. The first-order chi connectivity index (χ1) is 12.8. The van der Waals surface area contributed by atoms with Gasteiger partial charge in [0.2, 0.25) is 0 Å². The quantitative estimate of drug-likeness (QED) is 0.532. The Morgan fingerprint density at radius 3 is 2.19 bits per heavy atom. The number of carbonyl (C=O) groups is 4. The third kappa shape index (κ3) is 5.40. The molecule has 2 rings (SSSR count). The van der Waals surface area contributed by atoms with Crippen LogP contribution in [0.2, 0.25) is 0 Å². The molecule has 0 fully saturated rings. The highest BCUT2D eigenvalue weighted by atomic mass is 16.5. The molecule has 0 radical (unpaired) electrons. The van der Waals surface area contributed by atoms with Crippen LogP contribution in [-0.2, 0) is 9.53 Å². The summed E-state index contributed by atoms with van der Waals surface area (Å²) in [5.41, 5.74) is 6.34. The first kappa shape index (κ1) is 19.6. The van der Waals surface area contributed by atoms with Crippen molar-refractivity contribution in [2.45, 2.75) is 20.0 Å². The van der Waals surface area contributed by atoms with Crippen molar-refractivity contribution in [3.8, 4) is 0 Å². The van der Waals surface area contributed by atoms with Crippen LogP contribution in [0.15, 0.2) is 48.5 Å². The fraction of sp³-hybridized carbons (Fsp3) is 0.158. The summed E-state index contributed by atoms with van der Waals surface area (Å²) in [4.78, 5) is 46.8. The van der Waals surface area contributed by atoms with E-state index in [0.29, 0.717) is 16.9 Å². The summed E-state index contributed by atoms with van der Waals surface area (Å²) in [6, 6.07) is 11.7. The van der Waals surface area contributed by atoms with Crippen LogP contribution in [0, 0.1) is 0 Å². The van der Waals surface area contributed by atoms with E-state index >= 15 is 0 Å². The first-order valence-electron chi connectivity index (χ1n) is 8.06. The van der Waals surface area contributed by atoms with Gasteiger partial charge in [0, 0.05) is 11.3 Å². The molecule has 2 aromatic rings. The van der Waals surface area contributed by atoms with Gasteiger partial charge in [0.25, 0.3) is 5.91 Å². The lowest BCUT2D eigenvalue weighted by Gasteiger charge is -2.15. The van der Waals surface area contributed by atoms with Crippen molar-refractivity contribution in [1.29, 1.82) is 0 Å². The van der Waals surface area contributed by atoms with Crippen LogP contribution < -0.4 is 16.4 Å². The van der Waals surface area contributed by atoms with Gasteiger partial charge in [-0.05, 0) is 50.2 Å². The molecule has 140 valence electrons.